The first-order valence-electron chi connectivity index (χ1n) is 11.4. The van der Waals surface area contributed by atoms with Crippen molar-refractivity contribution in [3.8, 4) is 0 Å². The second-order valence-corrected chi connectivity index (χ2v) is 10.1. The summed E-state index contributed by atoms with van der Waals surface area (Å²) in [5.74, 6) is 2.09. The Labute approximate surface area is 177 Å². The van der Waals surface area contributed by atoms with E-state index in [4.69, 9.17) is 0 Å². The Hall–Kier alpha value is -2.37. The van der Waals surface area contributed by atoms with Crippen LogP contribution in [0.3, 0.4) is 0 Å². The highest BCUT2D eigenvalue weighted by atomic mass is 16.2. The van der Waals surface area contributed by atoms with Gasteiger partial charge in [0.05, 0.1) is 6.54 Å². The molecular weight excluding hydrogens is 378 g/mol. The summed E-state index contributed by atoms with van der Waals surface area (Å²) in [6.07, 6.45) is 9.25. The van der Waals surface area contributed by atoms with Crippen LogP contribution in [-0.4, -0.2) is 30.3 Å². The number of hydrogen-bond donors (Lipinski definition) is 3. The highest BCUT2D eigenvalue weighted by molar-refractivity contribution is 5.96. The van der Waals surface area contributed by atoms with Crippen LogP contribution in [0.4, 0.5) is 0 Å². The van der Waals surface area contributed by atoms with Crippen LogP contribution in [0.25, 0.3) is 0 Å². The molecule has 3 N–H and O–H groups in total. The minimum Gasteiger partial charge on any atom is -0.352 e. The van der Waals surface area contributed by atoms with Crippen LogP contribution in [0.5, 0.6) is 0 Å². The van der Waals surface area contributed by atoms with Crippen molar-refractivity contribution in [1.29, 1.82) is 0 Å². The van der Waals surface area contributed by atoms with Crippen molar-refractivity contribution in [2.24, 2.45) is 23.2 Å². The Morgan fingerprint density at radius 3 is 2.03 bits per heavy atom. The van der Waals surface area contributed by atoms with E-state index in [0.717, 1.165) is 55.4 Å². The SMILES string of the molecule is O=C(CNC(=O)c1ccc(CNC(=O)C23CC4CC(CC(C4)C2)C3)cc1)NC1CC1. The molecule has 0 spiro atoms. The van der Waals surface area contributed by atoms with Crippen LogP contribution in [0.15, 0.2) is 24.3 Å². The van der Waals surface area contributed by atoms with E-state index in [1.807, 2.05) is 12.1 Å². The summed E-state index contributed by atoms with van der Waals surface area (Å²) in [6.45, 7) is 0.491. The average Bonchev–Trinajstić information content (AvgIpc) is 3.53. The summed E-state index contributed by atoms with van der Waals surface area (Å²) in [7, 11) is 0. The minimum absolute atomic E-state index is 0.00178. The van der Waals surface area contributed by atoms with Crippen LogP contribution in [0.1, 0.15) is 67.3 Å². The summed E-state index contributed by atoms with van der Waals surface area (Å²) in [5, 5.41) is 8.68. The minimum atomic E-state index is -0.259. The van der Waals surface area contributed by atoms with Gasteiger partial charge in [0, 0.05) is 23.6 Å². The van der Waals surface area contributed by atoms with Gasteiger partial charge in [-0.1, -0.05) is 12.1 Å². The third-order valence-electron chi connectivity index (χ3n) is 7.54. The molecule has 0 aromatic heterocycles. The summed E-state index contributed by atoms with van der Waals surface area (Å²) in [6, 6.07) is 7.54. The van der Waals surface area contributed by atoms with E-state index in [2.05, 4.69) is 16.0 Å². The summed E-state index contributed by atoms with van der Waals surface area (Å²) in [4.78, 5) is 37.0. The van der Waals surface area contributed by atoms with Gasteiger partial charge in [0.2, 0.25) is 11.8 Å². The summed E-state index contributed by atoms with van der Waals surface area (Å²) in [5.41, 5.74) is 1.37. The largest absolute Gasteiger partial charge is 0.352 e. The fourth-order valence-electron chi connectivity index (χ4n) is 6.30. The highest BCUT2D eigenvalue weighted by Crippen LogP contribution is 2.60. The smallest absolute Gasteiger partial charge is 0.251 e. The van der Waals surface area contributed by atoms with Crippen LogP contribution in [0.2, 0.25) is 0 Å². The van der Waals surface area contributed by atoms with Gasteiger partial charge in [-0.15, -0.1) is 0 Å². The average molecular weight is 410 g/mol. The molecule has 160 valence electrons. The van der Waals surface area contributed by atoms with E-state index < -0.39 is 0 Å². The quantitative estimate of drug-likeness (QED) is 0.647. The molecule has 0 unspecified atom stereocenters. The molecule has 0 atom stereocenters. The van der Waals surface area contributed by atoms with Gasteiger partial charge in [-0.25, -0.2) is 0 Å². The molecule has 1 aromatic carbocycles. The molecule has 1 aromatic rings. The van der Waals surface area contributed by atoms with Gasteiger partial charge in [0.1, 0.15) is 0 Å². The molecule has 5 aliphatic carbocycles. The molecule has 5 fully saturated rings. The molecule has 6 heteroatoms. The molecule has 0 aliphatic heterocycles. The second-order valence-electron chi connectivity index (χ2n) is 10.1. The molecular formula is C24H31N3O3. The van der Waals surface area contributed by atoms with Crippen molar-refractivity contribution in [2.75, 3.05) is 6.54 Å². The molecule has 5 aliphatic rings. The zero-order valence-electron chi connectivity index (χ0n) is 17.4. The van der Waals surface area contributed by atoms with Crippen molar-refractivity contribution in [3.63, 3.8) is 0 Å². The predicted octanol–water partition coefficient (Wildman–Crippen LogP) is 2.53. The van der Waals surface area contributed by atoms with Gasteiger partial charge in [-0.3, -0.25) is 14.4 Å². The Morgan fingerprint density at radius 2 is 1.47 bits per heavy atom. The van der Waals surface area contributed by atoms with Gasteiger partial charge >= 0.3 is 0 Å². The van der Waals surface area contributed by atoms with E-state index in [1.54, 1.807) is 12.1 Å². The van der Waals surface area contributed by atoms with E-state index in [-0.39, 0.29) is 29.7 Å². The Morgan fingerprint density at radius 1 is 0.867 bits per heavy atom. The Bertz CT molecular complexity index is 808. The molecule has 30 heavy (non-hydrogen) atoms. The highest BCUT2D eigenvalue weighted by Gasteiger charge is 2.54. The van der Waals surface area contributed by atoms with Gasteiger partial charge in [-0.05, 0) is 86.8 Å². The number of amides is 3. The first-order chi connectivity index (χ1) is 14.5. The van der Waals surface area contributed by atoms with Crippen molar-refractivity contribution < 1.29 is 14.4 Å². The third kappa shape index (κ3) is 4.09. The van der Waals surface area contributed by atoms with Crippen LogP contribution in [0, 0.1) is 23.2 Å². The predicted molar refractivity (Wildman–Crippen MR) is 112 cm³/mol. The van der Waals surface area contributed by atoms with Crippen LogP contribution in [-0.2, 0) is 16.1 Å². The maximum absolute atomic E-state index is 13.1. The summed E-state index contributed by atoms with van der Waals surface area (Å²) < 4.78 is 0. The molecule has 0 saturated heterocycles. The molecule has 0 heterocycles. The first kappa shape index (κ1) is 19.6. The number of hydrogen-bond acceptors (Lipinski definition) is 3. The van der Waals surface area contributed by atoms with Crippen LogP contribution < -0.4 is 16.0 Å². The number of carbonyl (C=O) groups excluding carboxylic acids is 3. The van der Waals surface area contributed by atoms with Crippen molar-refractivity contribution in [1.82, 2.24) is 16.0 Å². The number of carbonyl (C=O) groups is 3. The Kier molecular flexibility index (Phi) is 5.03. The van der Waals surface area contributed by atoms with Gasteiger partial charge in [-0.2, -0.15) is 0 Å². The molecule has 5 saturated carbocycles. The maximum atomic E-state index is 13.1. The van der Waals surface area contributed by atoms with E-state index in [1.165, 1.54) is 19.3 Å². The van der Waals surface area contributed by atoms with Crippen molar-refractivity contribution in [2.45, 2.75) is 64.0 Å². The van der Waals surface area contributed by atoms with E-state index in [9.17, 15) is 14.4 Å². The standard InChI is InChI=1S/C24H31N3O3/c28-21(27-20-5-6-20)14-25-22(29)19-3-1-15(2-4-19)13-26-23(30)24-10-16-7-17(11-24)9-18(8-16)12-24/h1-4,16-18,20H,5-14H2,(H,25,29)(H,26,30)(H,27,28). The lowest BCUT2D eigenvalue weighted by atomic mass is 9.49. The summed E-state index contributed by atoms with van der Waals surface area (Å²) >= 11 is 0. The maximum Gasteiger partial charge on any atom is 0.251 e. The van der Waals surface area contributed by atoms with Gasteiger partial charge in [0.25, 0.3) is 5.91 Å². The van der Waals surface area contributed by atoms with Crippen molar-refractivity contribution in [3.05, 3.63) is 35.4 Å². The van der Waals surface area contributed by atoms with E-state index in [0.29, 0.717) is 18.2 Å². The second kappa shape index (κ2) is 7.71. The zero-order valence-corrected chi connectivity index (χ0v) is 17.4. The normalized spacial score (nSPS) is 31.3. The molecule has 3 amide bonds. The lowest BCUT2D eigenvalue weighted by Gasteiger charge is -2.55. The fourth-order valence-corrected chi connectivity index (χ4v) is 6.30. The van der Waals surface area contributed by atoms with E-state index >= 15 is 0 Å². The third-order valence-corrected chi connectivity index (χ3v) is 7.54. The number of benzene rings is 1. The monoisotopic (exact) mass is 409 g/mol. The topological polar surface area (TPSA) is 87.3 Å². The number of rotatable bonds is 7. The lowest BCUT2D eigenvalue weighted by molar-refractivity contribution is -0.146. The lowest BCUT2D eigenvalue weighted by Crippen LogP contribution is -2.53. The Balaban J connectivity index is 1.11. The molecule has 0 radical (unpaired) electrons. The zero-order chi connectivity index (χ0) is 20.7. The van der Waals surface area contributed by atoms with Crippen LogP contribution >= 0.6 is 0 Å². The van der Waals surface area contributed by atoms with Gasteiger partial charge < -0.3 is 16.0 Å². The molecule has 6 rings (SSSR count). The van der Waals surface area contributed by atoms with Crippen molar-refractivity contribution >= 4 is 17.7 Å². The number of nitrogens with one attached hydrogen (secondary N) is 3. The fraction of sp³-hybridized carbons (Fsp3) is 0.625. The first-order valence-corrected chi connectivity index (χ1v) is 11.4. The van der Waals surface area contributed by atoms with Gasteiger partial charge in [0.15, 0.2) is 0 Å². The molecule has 6 nitrogen and oxygen atoms in total. The molecule has 4 bridgehead atoms.